The average Bonchev–Trinajstić information content (AvgIpc) is 2.71. The molecule has 0 radical (unpaired) electrons. The van der Waals surface area contributed by atoms with E-state index < -0.39 is 0 Å². The molecule has 1 fully saturated rings. The van der Waals surface area contributed by atoms with Gasteiger partial charge in [-0.05, 0) is 35.4 Å². The lowest BCUT2D eigenvalue weighted by Crippen LogP contribution is -2.54. The lowest BCUT2D eigenvalue weighted by molar-refractivity contribution is -0.117. The second kappa shape index (κ2) is 12.0. The number of hydrogen-bond donors (Lipinski definition) is 1. The van der Waals surface area contributed by atoms with Crippen LogP contribution in [0, 0.1) is 0 Å². The van der Waals surface area contributed by atoms with Crippen LogP contribution in [0.4, 0.5) is 5.69 Å². The maximum absolute atomic E-state index is 12.4. The second-order valence-electron chi connectivity index (χ2n) is 7.55. The van der Waals surface area contributed by atoms with E-state index in [2.05, 4.69) is 66.3 Å². The van der Waals surface area contributed by atoms with Gasteiger partial charge >= 0.3 is 0 Å². The van der Waals surface area contributed by atoms with Gasteiger partial charge in [-0.3, -0.25) is 9.69 Å². The van der Waals surface area contributed by atoms with Crippen molar-refractivity contribution in [2.24, 2.45) is 0 Å². The molecule has 0 aromatic heterocycles. The number of para-hydroxylation sites is 1. The summed E-state index contributed by atoms with van der Waals surface area (Å²) in [5, 5.41) is 3.43. The Bertz CT molecular complexity index is 877. The fourth-order valence-corrected chi connectivity index (χ4v) is 5.68. The van der Waals surface area contributed by atoms with Crippen LogP contribution in [0.3, 0.4) is 0 Å². The number of amides is 1. The van der Waals surface area contributed by atoms with E-state index in [0.717, 1.165) is 46.4 Å². The number of halogens is 4. The van der Waals surface area contributed by atoms with Gasteiger partial charge in [-0.2, -0.15) is 0 Å². The highest BCUT2D eigenvalue weighted by atomic mass is 79.9. The SMILES string of the molecule is CC(=O)N1C[C@H](OCc2cc(Br)cc(Br)c2)[C@H](N2CCNCC2)c2ccccc21.Cl.Cl. The highest BCUT2D eigenvalue weighted by Crippen LogP contribution is 2.39. The fourth-order valence-electron chi connectivity index (χ4n) is 4.29. The van der Waals surface area contributed by atoms with Crippen molar-refractivity contribution in [3.63, 3.8) is 0 Å². The van der Waals surface area contributed by atoms with Crippen molar-refractivity contribution in [3.05, 3.63) is 62.5 Å². The van der Waals surface area contributed by atoms with Crippen LogP contribution in [0.15, 0.2) is 51.4 Å². The maximum Gasteiger partial charge on any atom is 0.223 e. The summed E-state index contributed by atoms with van der Waals surface area (Å²) in [6, 6.07) is 14.6. The van der Waals surface area contributed by atoms with Crippen LogP contribution in [0.1, 0.15) is 24.1 Å². The maximum atomic E-state index is 12.4. The quantitative estimate of drug-likeness (QED) is 0.543. The van der Waals surface area contributed by atoms with Crippen LogP contribution in [0.2, 0.25) is 0 Å². The smallest absolute Gasteiger partial charge is 0.223 e. The van der Waals surface area contributed by atoms with Gasteiger partial charge < -0.3 is 15.0 Å². The van der Waals surface area contributed by atoms with E-state index in [1.54, 1.807) is 6.92 Å². The van der Waals surface area contributed by atoms with Gasteiger partial charge in [0.25, 0.3) is 0 Å². The fraction of sp³-hybridized carbons (Fsp3) is 0.409. The number of benzene rings is 2. The summed E-state index contributed by atoms with van der Waals surface area (Å²) in [7, 11) is 0. The predicted molar refractivity (Wildman–Crippen MR) is 137 cm³/mol. The third kappa shape index (κ3) is 6.22. The van der Waals surface area contributed by atoms with E-state index in [0.29, 0.717) is 13.2 Å². The molecule has 2 aliphatic rings. The van der Waals surface area contributed by atoms with Crippen molar-refractivity contribution >= 4 is 68.3 Å². The van der Waals surface area contributed by atoms with Crippen LogP contribution in [-0.2, 0) is 16.1 Å². The summed E-state index contributed by atoms with van der Waals surface area (Å²) in [6.07, 6.45) is -0.0929. The molecule has 0 unspecified atom stereocenters. The van der Waals surface area contributed by atoms with Crippen molar-refractivity contribution in [1.29, 1.82) is 0 Å². The number of rotatable bonds is 4. The molecule has 2 heterocycles. The first kappa shape index (κ1) is 26.6. The van der Waals surface area contributed by atoms with Gasteiger partial charge in [0, 0.05) is 47.7 Å². The number of ether oxygens (including phenoxy) is 1. The minimum absolute atomic E-state index is 0. The van der Waals surface area contributed by atoms with E-state index in [1.165, 1.54) is 5.56 Å². The van der Waals surface area contributed by atoms with Crippen molar-refractivity contribution in [2.45, 2.75) is 25.7 Å². The lowest BCUT2D eigenvalue weighted by atomic mass is 9.92. The van der Waals surface area contributed by atoms with Gasteiger partial charge in [0.2, 0.25) is 5.91 Å². The Hall–Kier alpha value is -0.670. The Morgan fingerprint density at radius 3 is 2.39 bits per heavy atom. The van der Waals surface area contributed by atoms with E-state index >= 15 is 0 Å². The van der Waals surface area contributed by atoms with Crippen molar-refractivity contribution in [1.82, 2.24) is 10.2 Å². The summed E-state index contributed by atoms with van der Waals surface area (Å²) in [5.74, 6) is 0.0509. The zero-order valence-corrected chi connectivity index (χ0v) is 22.0. The lowest BCUT2D eigenvalue weighted by Gasteiger charge is -2.45. The largest absolute Gasteiger partial charge is 0.370 e. The van der Waals surface area contributed by atoms with Crippen molar-refractivity contribution in [3.8, 4) is 0 Å². The first-order valence-electron chi connectivity index (χ1n) is 9.91. The van der Waals surface area contributed by atoms with Gasteiger partial charge in [-0.25, -0.2) is 0 Å². The van der Waals surface area contributed by atoms with E-state index in [9.17, 15) is 4.79 Å². The van der Waals surface area contributed by atoms with Gasteiger partial charge in [0.05, 0.1) is 25.3 Å². The van der Waals surface area contributed by atoms with E-state index in [-0.39, 0.29) is 42.9 Å². The molecule has 5 nitrogen and oxygen atoms in total. The molecule has 4 rings (SSSR count). The number of nitrogens with one attached hydrogen (secondary N) is 1. The Labute approximate surface area is 213 Å². The van der Waals surface area contributed by atoms with Gasteiger partial charge in [-0.1, -0.05) is 50.1 Å². The molecule has 0 aliphatic carbocycles. The van der Waals surface area contributed by atoms with Crippen LogP contribution in [-0.4, -0.2) is 49.6 Å². The number of fused-ring (bicyclic) bond motifs is 1. The molecule has 2 aromatic carbocycles. The number of piperazine rings is 1. The van der Waals surface area contributed by atoms with E-state index in [4.69, 9.17) is 4.74 Å². The third-order valence-electron chi connectivity index (χ3n) is 5.57. The van der Waals surface area contributed by atoms with Crippen LogP contribution in [0.5, 0.6) is 0 Å². The Kier molecular flexibility index (Phi) is 10.3. The molecule has 0 saturated carbocycles. The molecular weight excluding hydrogens is 569 g/mol. The molecule has 170 valence electrons. The molecule has 2 atom stereocenters. The molecule has 31 heavy (non-hydrogen) atoms. The summed E-state index contributed by atoms with van der Waals surface area (Å²) in [5.41, 5.74) is 3.28. The minimum Gasteiger partial charge on any atom is -0.370 e. The zero-order chi connectivity index (χ0) is 20.4. The van der Waals surface area contributed by atoms with Gasteiger partial charge in [0.15, 0.2) is 0 Å². The molecule has 1 N–H and O–H groups in total. The number of hydrogen-bond acceptors (Lipinski definition) is 4. The first-order valence-corrected chi connectivity index (χ1v) is 11.5. The molecule has 1 amide bonds. The van der Waals surface area contributed by atoms with Crippen molar-refractivity contribution in [2.75, 3.05) is 37.6 Å². The molecule has 0 spiro atoms. The Morgan fingerprint density at radius 2 is 1.74 bits per heavy atom. The van der Waals surface area contributed by atoms with E-state index in [1.807, 2.05) is 23.1 Å². The zero-order valence-electron chi connectivity index (χ0n) is 17.2. The minimum atomic E-state index is -0.0929. The standard InChI is InChI=1S/C22H25Br2N3O2.2ClH/c1-15(28)27-13-21(29-14-16-10-17(23)12-18(24)11-16)22(26-8-6-25-7-9-26)19-4-2-3-5-20(19)27;;/h2-5,10-12,21-22,25H,6-9,13-14H2,1H3;2*1H/t21-,22+;;/m0../s1. The highest BCUT2D eigenvalue weighted by molar-refractivity contribution is 9.11. The third-order valence-corrected chi connectivity index (χ3v) is 6.49. The highest BCUT2D eigenvalue weighted by Gasteiger charge is 2.39. The van der Waals surface area contributed by atoms with Crippen LogP contribution >= 0.6 is 56.7 Å². The van der Waals surface area contributed by atoms with Crippen LogP contribution < -0.4 is 10.2 Å². The number of nitrogens with zero attached hydrogens (tertiary/aromatic N) is 2. The van der Waals surface area contributed by atoms with Crippen molar-refractivity contribution < 1.29 is 9.53 Å². The Morgan fingerprint density at radius 1 is 1.10 bits per heavy atom. The van der Waals surface area contributed by atoms with Gasteiger partial charge in [0.1, 0.15) is 0 Å². The molecule has 2 aliphatic heterocycles. The van der Waals surface area contributed by atoms with Crippen LogP contribution in [0.25, 0.3) is 0 Å². The molecule has 0 bridgehead atoms. The summed E-state index contributed by atoms with van der Waals surface area (Å²) >= 11 is 7.10. The molecular formula is C22H27Br2Cl2N3O2. The molecule has 2 aromatic rings. The number of carbonyl (C=O) groups excluding carboxylic acids is 1. The molecule has 9 heteroatoms. The normalized spacial score (nSPS) is 20.9. The number of carbonyl (C=O) groups is 1. The predicted octanol–water partition coefficient (Wildman–Crippen LogP) is 4.95. The summed E-state index contributed by atoms with van der Waals surface area (Å²) in [4.78, 5) is 16.7. The monoisotopic (exact) mass is 593 g/mol. The Balaban J connectivity index is 0.00000171. The van der Waals surface area contributed by atoms with Gasteiger partial charge in [-0.15, -0.1) is 24.8 Å². The summed E-state index contributed by atoms with van der Waals surface area (Å²) in [6.45, 7) is 6.59. The number of anilines is 1. The second-order valence-corrected chi connectivity index (χ2v) is 9.38. The first-order chi connectivity index (χ1) is 14.0. The molecule has 1 saturated heterocycles. The topological polar surface area (TPSA) is 44.8 Å². The summed E-state index contributed by atoms with van der Waals surface area (Å²) < 4.78 is 8.52. The average molecular weight is 596 g/mol.